The minimum atomic E-state index is -0.0648. The van der Waals surface area contributed by atoms with Gasteiger partial charge < -0.3 is 15.4 Å². The minimum Gasteiger partial charge on any atom is -0.490 e. The highest BCUT2D eigenvalue weighted by Crippen LogP contribution is 2.40. The van der Waals surface area contributed by atoms with Crippen molar-refractivity contribution in [3.63, 3.8) is 0 Å². The molecule has 6 nitrogen and oxygen atoms in total. The van der Waals surface area contributed by atoms with Crippen LogP contribution in [0.3, 0.4) is 0 Å². The molecule has 0 bridgehead atoms. The number of carbonyl (C=O) groups is 1. The molecular formula is C19H22N4O2. The Hall–Kier alpha value is -2.63. The lowest BCUT2D eigenvalue weighted by Crippen LogP contribution is -2.33. The molecule has 1 aromatic carbocycles. The largest absolute Gasteiger partial charge is 0.490 e. The first-order valence-corrected chi connectivity index (χ1v) is 8.72. The van der Waals surface area contributed by atoms with Crippen LogP contribution in [0.15, 0.2) is 36.4 Å². The highest BCUT2D eigenvalue weighted by atomic mass is 16.5. The lowest BCUT2D eigenvalue weighted by atomic mass is 9.99. The van der Waals surface area contributed by atoms with E-state index in [1.165, 1.54) is 0 Å². The first-order valence-electron chi connectivity index (χ1n) is 8.72. The maximum atomic E-state index is 12.8. The van der Waals surface area contributed by atoms with Gasteiger partial charge in [-0.15, -0.1) is 0 Å². The van der Waals surface area contributed by atoms with Gasteiger partial charge in [-0.3, -0.25) is 4.79 Å². The molecule has 2 aliphatic rings. The van der Waals surface area contributed by atoms with Crippen LogP contribution in [-0.2, 0) is 0 Å². The number of amides is 1. The number of likely N-dealkylation sites (tertiary alicyclic amines) is 1. The first-order chi connectivity index (χ1) is 12.1. The normalized spacial score (nSPS) is 25.0. The highest BCUT2D eigenvalue weighted by molar-refractivity contribution is 5.92. The van der Waals surface area contributed by atoms with Crippen molar-refractivity contribution in [2.24, 2.45) is 11.8 Å². The lowest BCUT2D eigenvalue weighted by Gasteiger charge is -2.22. The molecule has 6 heteroatoms. The Morgan fingerprint density at radius 3 is 2.76 bits per heavy atom. The average molecular weight is 338 g/mol. The molecule has 1 amide bonds. The smallest absolute Gasteiger partial charge is 0.272 e. The summed E-state index contributed by atoms with van der Waals surface area (Å²) in [4.78, 5) is 22.8. The molecule has 0 unspecified atom stereocenters. The summed E-state index contributed by atoms with van der Waals surface area (Å²) in [5.41, 5.74) is 6.77. The number of anilines is 1. The fourth-order valence-corrected chi connectivity index (χ4v) is 4.06. The summed E-state index contributed by atoms with van der Waals surface area (Å²) in [5, 5.41) is 0. The van der Waals surface area contributed by atoms with Crippen molar-refractivity contribution in [2.45, 2.75) is 25.9 Å². The number of hydrogen-bond acceptors (Lipinski definition) is 5. The number of aromatic nitrogens is 2. The van der Waals surface area contributed by atoms with Crippen molar-refractivity contribution in [2.75, 3.05) is 18.8 Å². The van der Waals surface area contributed by atoms with Crippen LogP contribution in [0.1, 0.15) is 29.0 Å². The fraction of sp³-hybridized carbons (Fsp3) is 0.421. The molecule has 25 heavy (non-hydrogen) atoms. The maximum absolute atomic E-state index is 12.8. The molecule has 3 atom stereocenters. The van der Waals surface area contributed by atoms with Crippen LogP contribution in [-0.4, -0.2) is 40.0 Å². The van der Waals surface area contributed by atoms with E-state index in [1.54, 1.807) is 6.07 Å². The average Bonchev–Trinajstić information content (AvgIpc) is 3.16. The van der Waals surface area contributed by atoms with Gasteiger partial charge in [-0.25, -0.2) is 9.97 Å². The number of nitrogen functional groups attached to an aromatic ring is 1. The lowest BCUT2D eigenvalue weighted by molar-refractivity contribution is 0.0756. The maximum Gasteiger partial charge on any atom is 0.272 e. The van der Waals surface area contributed by atoms with E-state index in [0.29, 0.717) is 29.8 Å². The second-order valence-electron chi connectivity index (χ2n) is 6.93. The Balaban J connectivity index is 1.46. The van der Waals surface area contributed by atoms with Crippen LogP contribution < -0.4 is 10.5 Å². The summed E-state index contributed by atoms with van der Waals surface area (Å²) < 4.78 is 6.18. The Labute approximate surface area is 147 Å². The van der Waals surface area contributed by atoms with Gasteiger partial charge in [-0.05, 0) is 43.9 Å². The van der Waals surface area contributed by atoms with Gasteiger partial charge in [-0.2, -0.15) is 0 Å². The van der Waals surface area contributed by atoms with Crippen molar-refractivity contribution in [3.05, 3.63) is 47.8 Å². The fourth-order valence-electron chi connectivity index (χ4n) is 4.06. The summed E-state index contributed by atoms with van der Waals surface area (Å²) in [5.74, 6) is 1.86. The number of ether oxygens (including phenoxy) is 1. The molecule has 2 fully saturated rings. The quantitative estimate of drug-likeness (QED) is 0.929. The monoisotopic (exact) mass is 338 g/mol. The number of rotatable bonds is 3. The zero-order valence-electron chi connectivity index (χ0n) is 14.3. The highest BCUT2D eigenvalue weighted by Gasteiger charge is 2.45. The van der Waals surface area contributed by atoms with Crippen LogP contribution in [0.2, 0.25) is 0 Å². The summed E-state index contributed by atoms with van der Waals surface area (Å²) in [6.45, 7) is 3.29. The molecule has 1 saturated carbocycles. The summed E-state index contributed by atoms with van der Waals surface area (Å²) in [6.07, 6.45) is 2.31. The third-order valence-corrected chi connectivity index (χ3v) is 5.20. The van der Waals surface area contributed by atoms with Crippen molar-refractivity contribution in [3.8, 4) is 5.75 Å². The van der Waals surface area contributed by atoms with E-state index in [4.69, 9.17) is 10.5 Å². The number of hydrogen-bond donors (Lipinski definition) is 1. The van der Waals surface area contributed by atoms with E-state index in [0.717, 1.165) is 25.1 Å². The Morgan fingerprint density at radius 2 is 2.00 bits per heavy atom. The summed E-state index contributed by atoms with van der Waals surface area (Å²) in [6, 6.07) is 11.6. The van der Waals surface area contributed by atoms with Crippen molar-refractivity contribution in [1.29, 1.82) is 0 Å². The second-order valence-corrected chi connectivity index (χ2v) is 6.93. The van der Waals surface area contributed by atoms with Crippen LogP contribution in [0, 0.1) is 18.8 Å². The zero-order valence-corrected chi connectivity index (χ0v) is 14.3. The number of nitrogens with zero attached hydrogens (tertiary/aromatic N) is 3. The Kier molecular flexibility index (Phi) is 4.03. The number of aryl methyl sites for hydroxylation is 1. The van der Waals surface area contributed by atoms with Gasteiger partial charge >= 0.3 is 0 Å². The van der Waals surface area contributed by atoms with Crippen molar-refractivity contribution < 1.29 is 9.53 Å². The predicted octanol–water partition coefficient (Wildman–Crippen LogP) is 2.30. The van der Waals surface area contributed by atoms with E-state index in [1.807, 2.05) is 42.2 Å². The molecule has 2 N–H and O–H groups in total. The SMILES string of the molecule is Cc1cc(C(=O)N2C[C@@H]3CC[C@H](Oc4ccccc4)[C@@H]3C2)nc(N)n1. The molecular weight excluding hydrogens is 316 g/mol. The molecule has 1 aliphatic carbocycles. The third kappa shape index (κ3) is 3.16. The second kappa shape index (κ2) is 6.35. The number of fused-ring (bicyclic) bond motifs is 1. The molecule has 1 aromatic heterocycles. The van der Waals surface area contributed by atoms with Crippen LogP contribution in [0.25, 0.3) is 0 Å². The van der Waals surface area contributed by atoms with Crippen LogP contribution in [0.4, 0.5) is 5.95 Å². The van der Waals surface area contributed by atoms with E-state index >= 15 is 0 Å². The van der Waals surface area contributed by atoms with E-state index in [9.17, 15) is 4.79 Å². The minimum absolute atomic E-state index is 0.0648. The summed E-state index contributed by atoms with van der Waals surface area (Å²) in [7, 11) is 0. The van der Waals surface area contributed by atoms with Crippen LogP contribution >= 0.6 is 0 Å². The van der Waals surface area contributed by atoms with Gasteiger partial charge in [-0.1, -0.05) is 18.2 Å². The van der Waals surface area contributed by atoms with Crippen LogP contribution in [0.5, 0.6) is 5.75 Å². The number of carbonyl (C=O) groups excluding carboxylic acids is 1. The summed E-state index contributed by atoms with van der Waals surface area (Å²) >= 11 is 0. The molecule has 1 saturated heterocycles. The number of benzene rings is 1. The van der Waals surface area contributed by atoms with Crippen molar-refractivity contribution in [1.82, 2.24) is 14.9 Å². The molecule has 2 aromatic rings. The van der Waals surface area contributed by atoms with E-state index in [2.05, 4.69) is 9.97 Å². The number of nitrogens with two attached hydrogens (primary N) is 1. The van der Waals surface area contributed by atoms with Gasteiger partial charge in [0.1, 0.15) is 17.5 Å². The molecule has 1 aliphatic heterocycles. The molecule has 0 radical (unpaired) electrons. The standard InChI is InChI=1S/C19H22N4O2/c1-12-9-16(22-19(20)21-12)18(24)23-10-13-7-8-17(15(13)11-23)25-14-5-3-2-4-6-14/h2-6,9,13,15,17H,7-8,10-11H2,1H3,(H2,20,21,22)/t13-,15+,17-/m0/s1. The van der Waals surface area contributed by atoms with Gasteiger partial charge in [0.25, 0.3) is 5.91 Å². The van der Waals surface area contributed by atoms with Gasteiger partial charge in [0, 0.05) is 24.7 Å². The molecule has 4 rings (SSSR count). The van der Waals surface area contributed by atoms with Gasteiger partial charge in [0.15, 0.2) is 0 Å². The predicted molar refractivity (Wildman–Crippen MR) is 94.2 cm³/mol. The van der Waals surface area contributed by atoms with E-state index < -0.39 is 0 Å². The zero-order chi connectivity index (χ0) is 17.4. The molecule has 0 spiro atoms. The molecule has 130 valence electrons. The first kappa shape index (κ1) is 15.9. The topological polar surface area (TPSA) is 81.3 Å². The Bertz CT molecular complexity index is 760. The van der Waals surface area contributed by atoms with Crippen molar-refractivity contribution >= 4 is 11.9 Å². The van der Waals surface area contributed by atoms with E-state index in [-0.39, 0.29) is 18.0 Å². The molecule has 2 heterocycles. The Morgan fingerprint density at radius 1 is 1.20 bits per heavy atom. The number of para-hydroxylation sites is 1. The third-order valence-electron chi connectivity index (χ3n) is 5.20. The van der Waals surface area contributed by atoms with Gasteiger partial charge in [0.05, 0.1) is 0 Å². The van der Waals surface area contributed by atoms with Gasteiger partial charge in [0.2, 0.25) is 5.95 Å².